The summed E-state index contributed by atoms with van der Waals surface area (Å²) in [5, 5.41) is 0. The lowest BCUT2D eigenvalue weighted by atomic mass is 9.95. The van der Waals surface area contributed by atoms with Crippen molar-refractivity contribution in [1.29, 1.82) is 0 Å². The van der Waals surface area contributed by atoms with Crippen molar-refractivity contribution < 1.29 is 0 Å². The van der Waals surface area contributed by atoms with Crippen molar-refractivity contribution in [3.8, 4) is 0 Å². The molecule has 1 heteroatoms. The summed E-state index contributed by atoms with van der Waals surface area (Å²) in [5.41, 5.74) is 13.9. The summed E-state index contributed by atoms with van der Waals surface area (Å²) >= 11 is 0. The highest BCUT2D eigenvalue weighted by Gasteiger charge is 2.04. The maximum Gasteiger partial charge on any atom is 0.0314 e. The van der Waals surface area contributed by atoms with Crippen molar-refractivity contribution in [2.24, 2.45) is 0 Å². The number of nitrogen functional groups attached to an aromatic ring is 1. The SMILES string of the molecule is Cc1cccc(C(=CC=Cc2ccc(N)cc2)c2cccc(C)c2)c1. The van der Waals surface area contributed by atoms with Gasteiger partial charge in [0.05, 0.1) is 0 Å². The molecule has 0 spiro atoms. The summed E-state index contributed by atoms with van der Waals surface area (Å²) in [6, 6.07) is 25.2. The van der Waals surface area contributed by atoms with Crippen LogP contribution in [0.4, 0.5) is 5.69 Å². The lowest BCUT2D eigenvalue weighted by molar-refractivity contribution is 1.41. The van der Waals surface area contributed by atoms with E-state index in [2.05, 4.69) is 80.6 Å². The molecular formula is C24H23N. The second-order valence-electron chi connectivity index (χ2n) is 6.35. The van der Waals surface area contributed by atoms with Crippen molar-refractivity contribution in [3.05, 3.63) is 113 Å². The Morgan fingerprint density at radius 1 is 0.760 bits per heavy atom. The molecule has 0 atom stereocenters. The number of nitrogens with two attached hydrogens (primary N) is 1. The first-order valence-electron chi connectivity index (χ1n) is 8.50. The number of allylic oxidation sites excluding steroid dienone is 2. The van der Waals surface area contributed by atoms with Crippen LogP contribution in [0.15, 0.2) is 84.9 Å². The molecule has 3 aromatic rings. The van der Waals surface area contributed by atoms with E-state index in [1.807, 2.05) is 24.3 Å². The molecule has 2 N–H and O–H groups in total. The molecule has 0 unspecified atom stereocenters. The highest BCUT2D eigenvalue weighted by molar-refractivity contribution is 5.82. The first kappa shape index (κ1) is 16.8. The fraction of sp³-hybridized carbons (Fsp3) is 0.0833. The summed E-state index contributed by atoms with van der Waals surface area (Å²) in [6.45, 7) is 4.25. The van der Waals surface area contributed by atoms with Crippen LogP contribution in [0.5, 0.6) is 0 Å². The lowest BCUT2D eigenvalue weighted by Gasteiger charge is -2.10. The molecule has 124 valence electrons. The first-order valence-corrected chi connectivity index (χ1v) is 8.50. The maximum atomic E-state index is 5.75. The topological polar surface area (TPSA) is 26.0 Å². The molecule has 0 amide bonds. The number of aryl methyl sites for hydroxylation is 2. The quantitative estimate of drug-likeness (QED) is 0.460. The predicted molar refractivity (Wildman–Crippen MR) is 109 cm³/mol. The minimum atomic E-state index is 0.785. The number of hydrogen-bond donors (Lipinski definition) is 1. The van der Waals surface area contributed by atoms with Crippen LogP contribution in [0.2, 0.25) is 0 Å². The third kappa shape index (κ3) is 4.48. The standard InChI is InChI=1S/C24H23N/c1-18-6-3-9-21(16-18)24(22-10-4-7-19(2)17-22)11-5-8-20-12-14-23(25)15-13-20/h3-17H,25H2,1-2H3. The van der Waals surface area contributed by atoms with Gasteiger partial charge in [-0.15, -0.1) is 0 Å². The Balaban J connectivity index is 2.00. The van der Waals surface area contributed by atoms with E-state index < -0.39 is 0 Å². The van der Waals surface area contributed by atoms with E-state index in [-0.39, 0.29) is 0 Å². The number of rotatable bonds is 4. The van der Waals surface area contributed by atoms with Crippen LogP contribution in [-0.2, 0) is 0 Å². The molecule has 25 heavy (non-hydrogen) atoms. The van der Waals surface area contributed by atoms with Gasteiger partial charge in [0.25, 0.3) is 0 Å². The first-order chi connectivity index (χ1) is 12.1. The van der Waals surface area contributed by atoms with Gasteiger partial charge in [-0.3, -0.25) is 0 Å². The van der Waals surface area contributed by atoms with E-state index >= 15 is 0 Å². The van der Waals surface area contributed by atoms with E-state index in [1.165, 1.54) is 27.8 Å². The average molecular weight is 325 g/mol. The smallest absolute Gasteiger partial charge is 0.0314 e. The van der Waals surface area contributed by atoms with Gasteiger partial charge in [-0.1, -0.05) is 90.0 Å². The minimum Gasteiger partial charge on any atom is -0.399 e. The molecule has 1 nitrogen and oxygen atoms in total. The van der Waals surface area contributed by atoms with Gasteiger partial charge in [0.15, 0.2) is 0 Å². The summed E-state index contributed by atoms with van der Waals surface area (Å²) in [5.74, 6) is 0. The van der Waals surface area contributed by atoms with E-state index in [9.17, 15) is 0 Å². The number of benzene rings is 3. The Kier molecular flexibility index (Phi) is 5.15. The van der Waals surface area contributed by atoms with E-state index in [4.69, 9.17) is 5.73 Å². The van der Waals surface area contributed by atoms with Crippen molar-refractivity contribution in [3.63, 3.8) is 0 Å². The van der Waals surface area contributed by atoms with E-state index in [0.717, 1.165) is 11.3 Å². The fourth-order valence-electron chi connectivity index (χ4n) is 2.85. The Hall–Kier alpha value is -3.06. The summed E-state index contributed by atoms with van der Waals surface area (Å²) in [4.78, 5) is 0. The third-order valence-electron chi connectivity index (χ3n) is 4.15. The molecule has 0 saturated heterocycles. The monoisotopic (exact) mass is 325 g/mol. The van der Waals surface area contributed by atoms with Crippen molar-refractivity contribution in [2.45, 2.75) is 13.8 Å². The second kappa shape index (κ2) is 7.67. The Bertz CT molecular complexity index is 867. The zero-order valence-electron chi connectivity index (χ0n) is 14.7. The van der Waals surface area contributed by atoms with Crippen LogP contribution in [-0.4, -0.2) is 0 Å². The van der Waals surface area contributed by atoms with E-state index in [1.54, 1.807) is 0 Å². The Morgan fingerprint density at radius 2 is 1.32 bits per heavy atom. The van der Waals surface area contributed by atoms with Crippen molar-refractivity contribution >= 4 is 17.3 Å². The molecule has 0 aliphatic carbocycles. The van der Waals surface area contributed by atoms with Crippen LogP contribution in [0.3, 0.4) is 0 Å². The van der Waals surface area contributed by atoms with Crippen LogP contribution in [0.25, 0.3) is 11.6 Å². The van der Waals surface area contributed by atoms with Gasteiger partial charge in [0.1, 0.15) is 0 Å². The van der Waals surface area contributed by atoms with Gasteiger partial charge in [-0.05, 0) is 48.2 Å². The summed E-state index contributed by atoms with van der Waals surface area (Å²) < 4.78 is 0. The highest BCUT2D eigenvalue weighted by Crippen LogP contribution is 2.25. The van der Waals surface area contributed by atoms with Crippen LogP contribution < -0.4 is 5.73 Å². The molecule has 0 radical (unpaired) electrons. The van der Waals surface area contributed by atoms with Gasteiger partial charge < -0.3 is 5.73 Å². The van der Waals surface area contributed by atoms with Gasteiger partial charge in [-0.25, -0.2) is 0 Å². The molecule has 3 aromatic carbocycles. The zero-order valence-corrected chi connectivity index (χ0v) is 14.7. The zero-order chi connectivity index (χ0) is 17.6. The van der Waals surface area contributed by atoms with Crippen molar-refractivity contribution in [2.75, 3.05) is 5.73 Å². The molecule has 3 rings (SSSR count). The van der Waals surface area contributed by atoms with Crippen molar-refractivity contribution in [1.82, 2.24) is 0 Å². The Morgan fingerprint density at radius 3 is 1.84 bits per heavy atom. The van der Waals surface area contributed by atoms with E-state index in [0.29, 0.717) is 0 Å². The molecule has 0 saturated carbocycles. The predicted octanol–water partition coefficient (Wildman–Crippen LogP) is 6.03. The van der Waals surface area contributed by atoms with Gasteiger partial charge in [0.2, 0.25) is 0 Å². The minimum absolute atomic E-state index is 0.785. The van der Waals surface area contributed by atoms with Crippen LogP contribution in [0.1, 0.15) is 27.8 Å². The van der Waals surface area contributed by atoms with Gasteiger partial charge in [0, 0.05) is 5.69 Å². The maximum absolute atomic E-state index is 5.75. The largest absolute Gasteiger partial charge is 0.399 e. The molecular weight excluding hydrogens is 302 g/mol. The lowest BCUT2D eigenvalue weighted by Crippen LogP contribution is -1.89. The molecule has 0 aromatic heterocycles. The normalized spacial score (nSPS) is 10.8. The summed E-state index contributed by atoms with van der Waals surface area (Å²) in [7, 11) is 0. The molecule has 0 heterocycles. The fourth-order valence-corrected chi connectivity index (χ4v) is 2.85. The molecule has 0 aliphatic rings. The molecule has 0 fully saturated rings. The number of hydrogen-bond acceptors (Lipinski definition) is 1. The summed E-state index contributed by atoms with van der Waals surface area (Å²) in [6.07, 6.45) is 6.39. The second-order valence-corrected chi connectivity index (χ2v) is 6.35. The molecule has 0 bridgehead atoms. The highest BCUT2D eigenvalue weighted by atomic mass is 14.5. The van der Waals surface area contributed by atoms with Gasteiger partial charge >= 0.3 is 0 Å². The van der Waals surface area contributed by atoms with Crippen LogP contribution >= 0.6 is 0 Å². The third-order valence-corrected chi connectivity index (χ3v) is 4.15. The Labute approximate surface area is 150 Å². The van der Waals surface area contributed by atoms with Gasteiger partial charge in [-0.2, -0.15) is 0 Å². The van der Waals surface area contributed by atoms with Crippen LogP contribution in [0, 0.1) is 13.8 Å². The number of anilines is 1. The average Bonchev–Trinajstić information content (AvgIpc) is 2.60. The molecule has 0 aliphatic heterocycles.